The van der Waals surface area contributed by atoms with Gasteiger partial charge in [0.15, 0.2) is 0 Å². The predicted octanol–water partition coefficient (Wildman–Crippen LogP) is 2.92. The van der Waals surface area contributed by atoms with E-state index in [2.05, 4.69) is 12.1 Å². The normalized spacial score (nSPS) is 10.3. The third-order valence-electron chi connectivity index (χ3n) is 2.37. The number of nitrogens with two attached hydrogens (primary N) is 1. The molecule has 0 aliphatic carbocycles. The van der Waals surface area contributed by atoms with Gasteiger partial charge >= 0.3 is 0 Å². The van der Waals surface area contributed by atoms with Gasteiger partial charge in [-0.05, 0) is 29.5 Å². The van der Waals surface area contributed by atoms with Gasteiger partial charge in [-0.1, -0.05) is 6.92 Å². The summed E-state index contributed by atoms with van der Waals surface area (Å²) >= 11 is 1.66. The molecule has 0 unspecified atom stereocenters. The number of aryl methyl sites for hydroxylation is 1. The van der Waals surface area contributed by atoms with Crippen LogP contribution in [-0.4, -0.2) is 0 Å². The van der Waals surface area contributed by atoms with Crippen LogP contribution in [0.5, 0.6) is 0 Å². The van der Waals surface area contributed by atoms with E-state index < -0.39 is 0 Å². The highest BCUT2D eigenvalue weighted by molar-refractivity contribution is 7.17. The Morgan fingerprint density at radius 3 is 3.00 bits per heavy atom. The summed E-state index contributed by atoms with van der Waals surface area (Å²) in [6.07, 6.45) is 0.848. The second-order valence-corrected chi connectivity index (χ2v) is 4.07. The predicted molar refractivity (Wildman–Crippen MR) is 60.3 cm³/mol. The second kappa shape index (κ2) is 3.32. The van der Waals surface area contributed by atoms with E-state index in [1.807, 2.05) is 18.4 Å². The highest BCUT2D eigenvalue weighted by atomic mass is 32.1. The summed E-state index contributed by atoms with van der Waals surface area (Å²) in [5.41, 5.74) is 8.24. The van der Waals surface area contributed by atoms with Crippen LogP contribution >= 0.6 is 11.3 Å². The van der Waals surface area contributed by atoms with E-state index in [4.69, 9.17) is 11.0 Å². The monoisotopic (exact) mass is 202 g/mol. The lowest BCUT2D eigenvalue weighted by molar-refractivity contribution is 1.14. The second-order valence-electron chi connectivity index (χ2n) is 3.12. The van der Waals surface area contributed by atoms with Crippen LogP contribution in [-0.2, 0) is 6.42 Å². The number of hydrogen-bond acceptors (Lipinski definition) is 3. The number of nitrogen functional groups attached to an aromatic ring is 1. The SMILES string of the molecule is CCc1cc2sccc2c(N)c1C#N. The van der Waals surface area contributed by atoms with Gasteiger partial charge in [-0.3, -0.25) is 0 Å². The zero-order chi connectivity index (χ0) is 10.1. The molecule has 0 saturated heterocycles. The molecule has 2 rings (SSSR count). The van der Waals surface area contributed by atoms with E-state index in [0.717, 1.165) is 17.4 Å². The molecule has 0 bridgehead atoms. The van der Waals surface area contributed by atoms with Crippen molar-refractivity contribution in [2.75, 3.05) is 5.73 Å². The van der Waals surface area contributed by atoms with Gasteiger partial charge in [0.2, 0.25) is 0 Å². The Morgan fingerprint density at radius 1 is 1.57 bits per heavy atom. The minimum absolute atomic E-state index is 0.628. The standard InChI is InChI=1S/C11H10N2S/c1-2-7-5-10-8(3-4-14-10)11(13)9(7)6-12/h3-5H,2,13H2,1H3. The molecular formula is C11H10N2S. The third-order valence-corrected chi connectivity index (χ3v) is 3.24. The first-order valence-corrected chi connectivity index (χ1v) is 5.34. The number of thiophene rings is 1. The van der Waals surface area contributed by atoms with Crippen molar-refractivity contribution >= 4 is 27.1 Å². The van der Waals surface area contributed by atoms with Gasteiger partial charge in [-0.25, -0.2) is 0 Å². The van der Waals surface area contributed by atoms with Crippen LogP contribution in [0.4, 0.5) is 5.69 Å². The number of nitriles is 1. The molecule has 14 heavy (non-hydrogen) atoms. The molecule has 0 atom stereocenters. The van der Waals surface area contributed by atoms with Crippen molar-refractivity contribution < 1.29 is 0 Å². The van der Waals surface area contributed by atoms with Crippen LogP contribution in [0.1, 0.15) is 18.1 Å². The molecule has 1 aromatic carbocycles. The van der Waals surface area contributed by atoms with Crippen molar-refractivity contribution in [3.63, 3.8) is 0 Å². The van der Waals surface area contributed by atoms with Gasteiger partial charge in [-0.15, -0.1) is 11.3 Å². The average Bonchev–Trinajstić information content (AvgIpc) is 2.65. The molecule has 2 nitrogen and oxygen atoms in total. The highest BCUT2D eigenvalue weighted by Gasteiger charge is 2.09. The molecule has 2 aromatic rings. The number of rotatable bonds is 1. The number of fused-ring (bicyclic) bond motifs is 1. The molecule has 0 spiro atoms. The van der Waals surface area contributed by atoms with Gasteiger partial charge in [0, 0.05) is 10.1 Å². The molecule has 0 aliphatic rings. The maximum absolute atomic E-state index is 9.00. The maximum Gasteiger partial charge on any atom is 0.102 e. The zero-order valence-corrected chi connectivity index (χ0v) is 8.69. The Hall–Kier alpha value is -1.53. The number of anilines is 1. The van der Waals surface area contributed by atoms with Crippen LogP contribution in [0.25, 0.3) is 10.1 Å². The largest absolute Gasteiger partial charge is 0.397 e. The van der Waals surface area contributed by atoms with Crippen molar-refractivity contribution in [2.24, 2.45) is 0 Å². The van der Waals surface area contributed by atoms with Crippen LogP contribution < -0.4 is 5.73 Å². The lowest BCUT2D eigenvalue weighted by Gasteiger charge is -2.05. The van der Waals surface area contributed by atoms with Gasteiger partial charge in [-0.2, -0.15) is 5.26 Å². The molecule has 0 radical (unpaired) electrons. The van der Waals surface area contributed by atoms with Gasteiger partial charge < -0.3 is 5.73 Å². The molecule has 0 saturated carbocycles. The Morgan fingerprint density at radius 2 is 2.36 bits per heavy atom. The summed E-state index contributed by atoms with van der Waals surface area (Å²) in [6.45, 7) is 2.04. The molecule has 2 N–H and O–H groups in total. The summed E-state index contributed by atoms with van der Waals surface area (Å²) in [7, 11) is 0. The molecule has 0 fully saturated rings. The van der Waals surface area contributed by atoms with E-state index in [0.29, 0.717) is 11.3 Å². The number of benzene rings is 1. The summed E-state index contributed by atoms with van der Waals surface area (Å²) in [5.74, 6) is 0. The van der Waals surface area contributed by atoms with E-state index in [1.165, 1.54) is 4.70 Å². The molecule has 1 aromatic heterocycles. The zero-order valence-electron chi connectivity index (χ0n) is 7.87. The van der Waals surface area contributed by atoms with Crippen molar-refractivity contribution in [2.45, 2.75) is 13.3 Å². The fourth-order valence-electron chi connectivity index (χ4n) is 1.60. The third kappa shape index (κ3) is 1.16. The van der Waals surface area contributed by atoms with Crippen molar-refractivity contribution in [1.82, 2.24) is 0 Å². The molecule has 0 aliphatic heterocycles. The summed E-state index contributed by atoms with van der Waals surface area (Å²) in [4.78, 5) is 0. The molecule has 1 heterocycles. The molecule has 70 valence electrons. The van der Waals surface area contributed by atoms with E-state index >= 15 is 0 Å². The van der Waals surface area contributed by atoms with E-state index in [-0.39, 0.29) is 0 Å². The maximum atomic E-state index is 9.00. The first-order chi connectivity index (χ1) is 6.77. The highest BCUT2D eigenvalue weighted by Crippen LogP contribution is 2.31. The molecular weight excluding hydrogens is 192 g/mol. The Balaban J connectivity index is 2.88. The van der Waals surface area contributed by atoms with Crippen molar-refractivity contribution in [3.8, 4) is 6.07 Å². The minimum Gasteiger partial charge on any atom is -0.397 e. The lowest BCUT2D eigenvalue weighted by atomic mass is 10.0. The van der Waals surface area contributed by atoms with Gasteiger partial charge in [0.1, 0.15) is 6.07 Å². The van der Waals surface area contributed by atoms with Crippen LogP contribution in [0, 0.1) is 11.3 Å². The van der Waals surface area contributed by atoms with Crippen LogP contribution in [0.2, 0.25) is 0 Å². The quantitative estimate of drug-likeness (QED) is 0.723. The smallest absolute Gasteiger partial charge is 0.102 e. The first-order valence-electron chi connectivity index (χ1n) is 4.46. The number of nitrogens with zero attached hydrogens (tertiary/aromatic N) is 1. The topological polar surface area (TPSA) is 49.8 Å². The summed E-state index contributed by atoms with van der Waals surface area (Å²) in [5, 5.41) is 12.0. The van der Waals surface area contributed by atoms with Crippen LogP contribution in [0.3, 0.4) is 0 Å². The lowest BCUT2D eigenvalue weighted by Crippen LogP contribution is -1.95. The average molecular weight is 202 g/mol. The van der Waals surface area contributed by atoms with Crippen molar-refractivity contribution in [3.05, 3.63) is 28.6 Å². The fourth-order valence-corrected chi connectivity index (χ4v) is 2.47. The van der Waals surface area contributed by atoms with Gasteiger partial charge in [0.05, 0.1) is 11.3 Å². The van der Waals surface area contributed by atoms with Crippen LogP contribution in [0.15, 0.2) is 17.5 Å². The summed E-state index contributed by atoms with van der Waals surface area (Å²) in [6, 6.07) is 6.21. The Bertz CT molecular complexity index is 520. The van der Waals surface area contributed by atoms with E-state index in [9.17, 15) is 0 Å². The number of hydrogen-bond donors (Lipinski definition) is 1. The first kappa shape index (κ1) is 9.04. The summed E-state index contributed by atoms with van der Waals surface area (Å²) < 4.78 is 1.17. The Labute approximate surface area is 86.6 Å². The molecule has 3 heteroatoms. The van der Waals surface area contributed by atoms with Gasteiger partial charge in [0.25, 0.3) is 0 Å². The fraction of sp³-hybridized carbons (Fsp3) is 0.182. The van der Waals surface area contributed by atoms with E-state index in [1.54, 1.807) is 11.3 Å². The minimum atomic E-state index is 0.628. The Kier molecular flexibility index (Phi) is 2.14. The molecule has 0 amide bonds. The van der Waals surface area contributed by atoms with Crippen molar-refractivity contribution in [1.29, 1.82) is 5.26 Å².